The molecule has 4 rings (SSSR count). The maximum atomic E-state index is 13.7. The number of likely N-dealkylation sites (tertiary alicyclic amines) is 1. The number of rotatable bonds is 5. The molecule has 2 aromatic carbocycles. The van der Waals surface area contributed by atoms with Crippen LogP contribution in [0.1, 0.15) is 30.2 Å². The van der Waals surface area contributed by atoms with Gasteiger partial charge in [-0.1, -0.05) is 23.4 Å². The van der Waals surface area contributed by atoms with E-state index in [2.05, 4.69) is 15.5 Å². The molecule has 1 unspecified atom stereocenters. The fraction of sp³-hybridized carbons (Fsp3) is 0.318. The molecule has 2 heterocycles. The van der Waals surface area contributed by atoms with E-state index < -0.39 is 0 Å². The standard InChI is InChI=1S/C22H22F2N4O2/c1-14-7-8-18(11-19(14)24)25-20(29)13-28-9-3-5-16(12-28)22-26-21(27-30-22)15-4-2-6-17(23)10-15/h2,4,6-8,10-11,16H,3,5,9,12-13H2,1H3,(H,25,29). The Hall–Kier alpha value is -3.13. The minimum Gasteiger partial charge on any atom is -0.339 e. The second-order valence-electron chi connectivity index (χ2n) is 7.55. The lowest BCUT2D eigenvalue weighted by molar-refractivity contribution is -0.117. The zero-order valence-corrected chi connectivity index (χ0v) is 16.6. The van der Waals surface area contributed by atoms with Gasteiger partial charge in [0.05, 0.1) is 12.5 Å². The largest absolute Gasteiger partial charge is 0.339 e. The molecule has 1 aliphatic rings. The van der Waals surface area contributed by atoms with Crippen molar-refractivity contribution in [1.82, 2.24) is 15.0 Å². The Kier molecular flexibility index (Phi) is 5.85. The first kappa shape index (κ1) is 20.2. The van der Waals surface area contributed by atoms with Gasteiger partial charge in [-0.2, -0.15) is 4.98 Å². The minimum absolute atomic E-state index is 0.00169. The van der Waals surface area contributed by atoms with Gasteiger partial charge in [-0.3, -0.25) is 9.69 Å². The van der Waals surface area contributed by atoms with Crippen LogP contribution in [0.5, 0.6) is 0 Å². The summed E-state index contributed by atoms with van der Waals surface area (Å²) in [4.78, 5) is 18.8. The Bertz CT molecular complexity index is 1050. The molecule has 0 spiro atoms. The molecule has 1 aliphatic heterocycles. The summed E-state index contributed by atoms with van der Waals surface area (Å²) in [6.07, 6.45) is 1.75. The molecule has 1 atom stereocenters. The topological polar surface area (TPSA) is 71.3 Å². The minimum atomic E-state index is -0.359. The van der Waals surface area contributed by atoms with Crippen molar-refractivity contribution in [2.45, 2.75) is 25.7 Å². The molecule has 1 saturated heterocycles. The first-order valence-corrected chi connectivity index (χ1v) is 9.86. The number of carbonyl (C=O) groups is 1. The highest BCUT2D eigenvalue weighted by Crippen LogP contribution is 2.27. The number of hydrogen-bond acceptors (Lipinski definition) is 5. The summed E-state index contributed by atoms with van der Waals surface area (Å²) < 4.78 is 32.5. The van der Waals surface area contributed by atoms with Crippen molar-refractivity contribution in [2.75, 3.05) is 25.0 Å². The molecule has 0 saturated carbocycles. The van der Waals surface area contributed by atoms with Crippen LogP contribution in [0, 0.1) is 18.6 Å². The van der Waals surface area contributed by atoms with Crippen LogP contribution < -0.4 is 5.32 Å². The number of piperidine rings is 1. The SMILES string of the molecule is Cc1ccc(NC(=O)CN2CCCC(c3nc(-c4cccc(F)c4)no3)C2)cc1F. The summed E-state index contributed by atoms with van der Waals surface area (Å²) in [5.74, 6) is -0.0812. The molecule has 8 heteroatoms. The van der Waals surface area contributed by atoms with Crippen LogP contribution in [-0.2, 0) is 4.79 Å². The summed E-state index contributed by atoms with van der Waals surface area (Å²) >= 11 is 0. The number of carbonyl (C=O) groups excluding carboxylic acids is 1. The molecule has 1 amide bonds. The zero-order chi connectivity index (χ0) is 21.1. The average molecular weight is 412 g/mol. The average Bonchev–Trinajstić information content (AvgIpc) is 3.21. The van der Waals surface area contributed by atoms with E-state index >= 15 is 0 Å². The maximum Gasteiger partial charge on any atom is 0.238 e. The molecule has 156 valence electrons. The molecule has 30 heavy (non-hydrogen) atoms. The Balaban J connectivity index is 1.37. The van der Waals surface area contributed by atoms with Crippen LogP contribution in [0.3, 0.4) is 0 Å². The van der Waals surface area contributed by atoms with Gasteiger partial charge in [-0.05, 0) is 56.1 Å². The molecule has 6 nitrogen and oxygen atoms in total. The number of halogens is 2. The summed E-state index contributed by atoms with van der Waals surface area (Å²) in [6, 6.07) is 10.7. The van der Waals surface area contributed by atoms with Gasteiger partial charge in [0.15, 0.2) is 0 Å². The number of anilines is 1. The van der Waals surface area contributed by atoms with Gasteiger partial charge in [-0.15, -0.1) is 0 Å². The fourth-order valence-corrected chi connectivity index (χ4v) is 3.62. The lowest BCUT2D eigenvalue weighted by Gasteiger charge is -2.30. The van der Waals surface area contributed by atoms with Gasteiger partial charge >= 0.3 is 0 Å². The maximum absolute atomic E-state index is 13.7. The fourth-order valence-electron chi connectivity index (χ4n) is 3.62. The van der Waals surface area contributed by atoms with E-state index in [1.807, 2.05) is 4.90 Å². The van der Waals surface area contributed by atoms with Gasteiger partial charge < -0.3 is 9.84 Å². The van der Waals surface area contributed by atoms with Crippen LogP contribution in [0.25, 0.3) is 11.4 Å². The Morgan fingerprint density at radius 3 is 2.93 bits per heavy atom. The molecule has 0 bridgehead atoms. The molecule has 1 N–H and O–H groups in total. The number of nitrogens with one attached hydrogen (secondary N) is 1. The third-order valence-electron chi connectivity index (χ3n) is 5.20. The number of aromatic nitrogens is 2. The number of hydrogen-bond donors (Lipinski definition) is 1. The lowest BCUT2D eigenvalue weighted by atomic mass is 9.98. The molecular formula is C22H22F2N4O2. The zero-order valence-electron chi connectivity index (χ0n) is 16.6. The molecule has 1 aromatic heterocycles. The van der Waals surface area contributed by atoms with Gasteiger partial charge in [0.2, 0.25) is 17.6 Å². The number of aryl methyl sites for hydroxylation is 1. The Morgan fingerprint density at radius 2 is 2.13 bits per heavy atom. The van der Waals surface area contributed by atoms with E-state index in [-0.39, 0.29) is 30.0 Å². The predicted octanol–water partition coefficient (Wildman–Crippen LogP) is 4.14. The smallest absolute Gasteiger partial charge is 0.238 e. The summed E-state index contributed by atoms with van der Waals surface area (Å²) in [5, 5.41) is 6.71. The van der Waals surface area contributed by atoms with Crippen molar-refractivity contribution in [1.29, 1.82) is 0 Å². The second kappa shape index (κ2) is 8.71. The lowest BCUT2D eigenvalue weighted by Crippen LogP contribution is -2.39. The summed E-state index contributed by atoms with van der Waals surface area (Å²) in [6.45, 7) is 3.24. The second-order valence-corrected chi connectivity index (χ2v) is 7.55. The number of benzene rings is 2. The van der Waals surface area contributed by atoms with E-state index in [4.69, 9.17) is 4.52 Å². The van der Waals surface area contributed by atoms with E-state index in [1.54, 1.807) is 31.2 Å². The van der Waals surface area contributed by atoms with Crippen molar-refractivity contribution < 1.29 is 18.1 Å². The van der Waals surface area contributed by atoms with E-state index in [0.29, 0.717) is 35.1 Å². The van der Waals surface area contributed by atoms with Crippen LogP contribution >= 0.6 is 0 Å². The highest BCUT2D eigenvalue weighted by Gasteiger charge is 2.27. The van der Waals surface area contributed by atoms with Crippen LogP contribution in [0.2, 0.25) is 0 Å². The van der Waals surface area contributed by atoms with Gasteiger partial charge in [0.25, 0.3) is 0 Å². The third-order valence-corrected chi connectivity index (χ3v) is 5.20. The molecule has 0 aliphatic carbocycles. The van der Waals surface area contributed by atoms with Crippen molar-refractivity contribution in [2.24, 2.45) is 0 Å². The van der Waals surface area contributed by atoms with Crippen molar-refractivity contribution in [3.05, 3.63) is 65.6 Å². The quantitative estimate of drug-likeness (QED) is 0.682. The van der Waals surface area contributed by atoms with Crippen molar-refractivity contribution >= 4 is 11.6 Å². The number of amides is 1. The highest BCUT2D eigenvalue weighted by atomic mass is 19.1. The Labute approximate surface area is 172 Å². The predicted molar refractivity (Wildman–Crippen MR) is 108 cm³/mol. The van der Waals surface area contributed by atoms with E-state index in [1.165, 1.54) is 18.2 Å². The van der Waals surface area contributed by atoms with E-state index in [0.717, 1.165) is 19.4 Å². The molecule has 0 radical (unpaired) electrons. The Morgan fingerprint density at radius 1 is 1.27 bits per heavy atom. The van der Waals surface area contributed by atoms with Crippen LogP contribution in [-0.4, -0.2) is 40.6 Å². The van der Waals surface area contributed by atoms with Gasteiger partial charge in [0, 0.05) is 17.8 Å². The summed E-state index contributed by atoms with van der Waals surface area (Å²) in [5.41, 5.74) is 1.53. The monoisotopic (exact) mass is 412 g/mol. The van der Waals surface area contributed by atoms with Crippen molar-refractivity contribution in [3.8, 4) is 11.4 Å². The normalized spacial score (nSPS) is 17.1. The molecular weight excluding hydrogens is 390 g/mol. The molecule has 3 aromatic rings. The third kappa shape index (κ3) is 4.71. The summed E-state index contributed by atoms with van der Waals surface area (Å²) in [7, 11) is 0. The van der Waals surface area contributed by atoms with E-state index in [9.17, 15) is 13.6 Å². The first-order valence-electron chi connectivity index (χ1n) is 9.86. The van der Waals surface area contributed by atoms with Gasteiger partial charge in [0.1, 0.15) is 11.6 Å². The first-order chi connectivity index (χ1) is 14.5. The number of nitrogens with zero attached hydrogens (tertiary/aromatic N) is 3. The van der Waals surface area contributed by atoms with Crippen molar-refractivity contribution in [3.63, 3.8) is 0 Å². The van der Waals surface area contributed by atoms with Gasteiger partial charge in [-0.25, -0.2) is 8.78 Å². The van der Waals surface area contributed by atoms with Crippen LogP contribution in [0.15, 0.2) is 47.0 Å². The highest BCUT2D eigenvalue weighted by molar-refractivity contribution is 5.92. The van der Waals surface area contributed by atoms with Crippen LogP contribution in [0.4, 0.5) is 14.5 Å². The molecule has 1 fully saturated rings.